The van der Waals surface area contributed by atoms with Crippen molar-refractivity contribution >= 4 is 29.1 Å². The maximum Gasteiger partial charge on any atom is 0.328 e. The number of carbonyl (C=O) groups is 2. The van der Waals surface area contributed by atoms with Crippen LogP contribution in [0, 0.1) is 0 Å². The Morgan fingerprint density at radius 3 is 2.44 bits per heavy atom. The van der Waals surface area contributed by atoms with Crippen molar-refractivity contribution in [2.45, 2.75) is 12.8 Å². The number of aryl methyl sites for hydroxylation is 1. The largest absolute Gasteiger partial charge is 0.339 e. The molecule has 1 aliphatic heterocycles. The second-order valence-electron chi connectivity index (χ2n) is 6.11. The van der Waals surface area contributed by atoms with Gasteiger partial charge in [-0.05, 0) is 31.0 Å². The van der Waals surface area contributed by atoms with E-state index in [4.69, 9.17) is 11.6 Å². The van der Waals surface area contributed by atoms with Gasteiger partial charge in [0.05, 0.1) is 11.3 Å². The highest BCUT2D eigenvalue weighted by atomic mass is 35.5. The van der Waals surface area contributed by atoms with Gasteiger partial charge in [-0.3, -0.25) is 14.2 Å². The third-order valence-corrected chi connectivity index (χ3v) is 4.59. The number of nitrogens with zero attached hydrogens (tertiary/aromatic N) is 3. The first-order valence-corrected chi connectivity index (χ1v) is 8.39. The molecule has 1 aliphatic rings. The van der Waals surface area contributed by atoms with Crippen LogP contribution >= 0.6 is 11.6 Å². The predicted molar refractivity (Wildman–Crippen MR) is 95.2 cm³/mol. The van der Waals surface area contributed by atoms with Crippen LogP contribution in [0.4, 0.5) is 5.69 Å². The van der Waals surface area contributed by atoms with E-state index >= 15 is 0 Å². The van der Waals surface area contributed by atoms with Gasteiger partial charge in [-0.25, -0.2) is 4.79 Å². The number of likely N-dealkylation sites (tertiary alicyclic amines) is 1. The number of anilines is 1. The van der Waals surface area contributed by atoms with E-state index in [0.29, 0.717) is 29.4 Å². The third kappa shape index (κ3) is 3.32. The van der Waals surface area contributed by atoms with E-state index in [1.54, 1.807) is 30.1 Å². The lowest BCUT2D eigenvalue weighted by Gasteiger charge is -2.18. The van der Waals surface area contributed by atoms with Gasteiger partial charge >= 0.3 is 5.69 Å². The molecule has 1 aromatic carbocycles. The van der Waals surface area contributed by atoms with Crippen molar-refractivity contribution in [3.05, 3.63) is 51.2 Å². The van der Waals surface area contributed by atoms with Gasteiger partial charge in [0.25, 0.3) is 11.8 Å². The van der Waals surface area contributed by atoms with Crippen molar-refractivity contribution in [2.75, 3.05) is 18.4 Å². The molecule has 2 aromatic rings. The molecule has 1 fully saturated rings. The van der Waals surface area contributed by atoms with E-state index < -0.39 is 5.91 Å². The minimum Gasteiger partial charge on any atom is -0.339 e. The van der Waals surface area contributed by atoms with E-state index in [9.17, 15) is 14.4 Å². The van der Waals surface area contributed by atoms with Crippen LogP contribution in [0.3, 0.4) is 0 Å². The first-order valence-electron chi connectivity index (χ1n) is 8.01. The Bertz CT molecular complexity index is 894. The van der Waals surface area contributed by atoms with Crippen molar-refractivity contribution in [3.63, 3.8) is 0 Å². The maximum atomic E-state index is 12.7. The number of imidazole rings is 1. The first-order chi connectivity index (χ1) is 11.9. The summed E-state index contributed by atoms with van der Waals surface area (Å²) < 4.78 is 2.58. The fourth-order valence-corrected chi connectivity index (χ4v) is 3.13. The van der Waals surface area contributed by atoms with Gasteiger partial charge in [-0.1, -0.05) is 11.6 Å². The molecule has 0 radical (unpaired) electrons. The number of benzene rings is 1. The predicted octanol–water partition coefficient (Wildman–Crippen LogP) is 1.87. The molecule has 8 heteroatoms. The number of nitrogens with one attached hydrogen (secondary N) is 1. The fourth-order valence-electron chi connectivity index (χ4n) is 2.96. The lowest BCUT2D eigenvalue weighted by atomic mass is 10.1. The number of hydrogen-bond donors (Lipinski definition) is 1. The number of aromatic nitrogens is 2. The van der Waals surface area contributed by atoms with Gasteiger partial charge in [-0.2, -0.15) is 0 Å². The van der Waals surface area contributed by atoms with E-state index in [-0.39, 0.29) is 17.3 Å². The van der Waals surface area contributed by atoms with E-state index in [1.165, 1.54) is 22.4 Å². The van der Waals surface area contributed by atoms with Crippen LogP contribution in [-0.2, 0) is 14.1 Å². The Balaban J connectivity index is 1.91. The minimum absolute atomic E-state index is 0.155. The van der Waals surface area contributed by atoms with Crippen LogP contribution in [-0.4, -0.2) is 38.9 Å². The molecule has 2 heterocycles. The zero-order valence-electron chi connectivity index (χ0n) is 14.1. The Morgan fingerprint density at radius 1 is 1.16 bits per heavy atom. The standard InChI is InChI=1S/C17H19ClN4O3/c1-20-10-14(21(2)17(20)25)15(23)19-13-6-5-11(18)9-12(13)16(24)22-7-3-4-8-22/h5-6,9-10H,3-4,7-8H2,1-2H3,(H,19,23). The summed E-state index contributed by atoms with van der Waals surface area (Å²) in [6.45, 7) is 1.40. The van der Waals surface area contributed by atoms with Crippen molar-refractivity contribution in [2.24, 2.45) is 14.1 Å². The highest BCUT2D eigenvalue weighted by molar-refractivity contribution is 6.31. The van der Waals surface area contributed by atoms with E-state index in [2.05, 4.69) is 5.32 Å². The third-order valence-electron chi connectivity index (χ3n) is 4.35. The second kappa shape index (κ2) is 6.76. The molecular formula is C17H19ClN4O3. The normalized spacial score (nSPS) is 14.0. The summed E-state index contributed by atoms with van der Waals surface area (Å²) in [6, 6.07) is 4.77. The van der Waals surface area contributed by atoms with Crippen LogP contribution in [0.2, 0.25) is 5.02 Å². The Kier molecular flexibility index (Phi) is 4.67. The summed E-state index contributed by atoms with van der Waals surface area (Å²) in [5.41, 5.74) is 0.642. The number of carbonyl (C=O) groups excluding carboxylic acids is 2. The van der Waals surface area contributed by atoms with Gasteiger partial charge in [-0.15, -0.1) is 0 Å². The average molecular weight is 363 g/mol. The van der Waals surface area contributed by atoms with Crippen molar-refractivity contribution < 1.29 is 9.59 Å². The first kappa shape index (κ1) is 17.3. The van der Waals surface area contributed by atoms with Crippen LogP contribution in [0.25, 0.3) is 0 Å². The molecule has 0 spiro atoms. The average Bonchev–Trinajstić information content (AvgIpc) is 3.20. The topological polar surface area (TPSA) is 76.3 Å². The monoisotopic (exact) mass is 362 g/mol. The molecule has 1 N–H and O–H groups in total. The smallest absolute Gasteiger partial charge is 0.328 e. The molecule has 7 nitrogen and oxygen atoms in total. The summed E-state index contributed by atoms with van der Waals surface area (Å²) in [6.07, 6.45) is 3.40. The summed E-state index contributed by atoms with van der Waals surface area (Å²) in [5.74, 6) is -0.616. The Hall–Kier alpha value is -2.54. The molecule has 0 aliphatic carbocycles. The van der Waals surface area contributed by atoms with Crippen LogP contribution in [0.15, 0.2) is 29.2 Å². The maximum absolute atomic E-state index is 12.7. The molecule has 0 unspecified atom stereocenters. The van der Waals surface area contributed by atoms with Crippen LogP contribution < -0.4 is 11.0 Å². The summed E-state index contributed by atoms with van der Waals surface area (Å²) in [4.78, 5) is 38.8. The van der Waals surface area contributed by atoms with Gasteiger partial charge in [0.2, 0.25) is 0 Å². The van der Waals surface area contributed by atoms with Gasteiger partial charge in [0, 0.05) is 38.4 Å². The summed E-state index contributed by atoms with van der Waals surface area (Å²) in [5, 5.41) is 3.15. The van der Waals surface area contributed by atoms with Gasteiger partial charge in [0.1, 0.15) is 5.69 Å². The lowest BCUT2D eigenvalue weighted by Crippen LogP contribution is -2.29. The van der Waals surface area contributed by atoms with Crippen LogP contribution in [0.5, 0.6) is 0 Å². The molecule has 0 saturated carbocycles. The quantitative estimate of drug-likeness (QED) is 0.905. The SMILES string of the molecule is Cn1cc(C(=O)Nc2ccc(Cl)cc2C(=O)N2CCCC2)n(C)c1=O. The molecule has 25 heavy (non-hydrogen) atoms. The molecule has 1 saturated heterocycles. The highest BCUT2D eigenvalue weighted by Crippen LogP contribution is 2.24. The van der Waals surface area contributed by atoms with E-state index in [1.807, 2.05) is 0 Å². The fraction of sp³-hybridized carbons (Fsp3) is 0.353. The van der Waals surface area contributed by atoms with Gasteiger partial charge in [0.15, 0.2) is 0 Å². The lowest BCUT2D eigenvalue weighted by molar-refractivity contribution is 0.0794. The highest BCUT2D eigenvalue weighted by Gasteiger charge is 2.24. The molecule has 132 valence electrons. The molecule has 0 atom stereocenters. The van der Waals surface area contributed by atoms with Crippen molar-refractivity contribution in [1.82, 2.24) is 14.0 Å². The zero-order valence-corrected chi connectivity index (χ0v) is 14.8. The van der Waals surface area contributed by atoms with Crippen molar-refractivity contribution in [3.8, 4) is 0 Å². The molecule has 0 bridgehead atoms. The summed E-state index contributed by atoms with van der Waals surface area (Å²) in [7, 11) is 3.10. The van der Waals surface area contributed by atoms with Crippen molar-refractivity contribution in [1.29, 1.82) is 0 Å². The van der Waals surface area contributed by atoms with Crippen LogP contribution in [0.1, 0.15) is 33.7 Å². The molecule has 1 aromatic heterocycles. The molecule has 3 rings (SSSR count). The van der Waals surface area contributed by atoms with E-state index in [0.717, 1.165) is 12.8 Å². The Morgan fingerprint density at radius 2 is 1.84 bits per heavy atom. The Labute approximate surface area is 149 Å². The number of rotatable bonds is 3. The second-order valence-corrected chi connectivity index (χ2v) is 6.55. The molecule has 2 amide bonds. The number of amides is 2. The van der Waals surface area contributed by atoms with Gasteiger partial charge < -0.3 is 14.8 Å². The summed E-state index contributed by atoms with van der Waals surface area (Å²) >= 11 is 6.04. The minimum atomic E-state index is -0.460. The number of halogens is 1. The zero-order chi connectivity index (χ0) is 18.1. The number of hydrogen-bond acceptors (Lipinski definition) is 3. The molecular weight excluding hydrogens is 344 g/mol.